The maximum absolute atomic E-state index is 5.94. The molecule has 1 aliphatic carbocycles. The van der Waals surface area contributed by atoms with Gasteiger partial charge in [-0.3, -0.25) is 0 Å². The van der Waals surface area contributed by atoms with E-state index in [1.807, 2.05) is 6.07 Å². The Morgan fingerprint density at radius 1 is 1.00 bits per heavy atom. The smallest absolute Gasteiger partial charge is 0.137 e. The molecule has 0 atom stereocenters. The zero-order valence-corrected chi connectivity index (χ0v) is 15.9. The van der Waals surface area contributed by atoms with Crippen molar-refractivity contribution in [3.63, 3.8) is 0 Å². The first-order valence-electron chi connectivity index (χ1n) is 10.0. The second-order valence-electron chi connectivity index (χ2n) is 7.81. The van der Waals surface area contributed by atoms with Gasteiger partial charge in [0.05, 0.1) is 0 Å². The number of benzene rings is 1. The van der Waals surface area contributed by atoms with Crippen LogP contribution in [0.25, 0.3) is 0 Å². The lowest BCUT2D eigenvalue weighted by atomic mass is 9.78. The average Bonchev–Trinajstić information content (AvgIpc) is 2.95. The van der Waals surface area contributed by atoms with Crippen molar-refractivity contribution in [2.24, 2.45) is 5.73 Å². The Hall–Kier alpha value is -2.80. The molecule has 0 unspecified atom stereocenters. The van der Waals surface area contributed by atoms with Crippen LogP contribution in [0.5, 0.6) is 0 Å². The monoisotopic (exact) mass is 375 g/mol. The molecule has 0 spiro atoms. The van der Waals surface area contributed by atoms with Crippen LogP contribution in [-0.4, -0.2) is 43.9 Å². The van der Waals surface area contributed by atoms with Crippen molar-refractivity contribution in [1.29, 1.82) is 0 Å². The third-order valence-corrected chi connectivity index (χ3v) is 5.90. The van der Waals surface area contributed by atoms with Crippen molar-refractivity contribution >= 4 is 5.82 Å². The number of hydrogen-bond acceptors (Lipinski definition) is 6. The molecule has 1 saturated carbocycles. The van der Waals surface area contributed by atoms with Crippen molar-refractivity contribution in [3.05, 3.63) is 65.6 Å². The van der Waals surface area contributed by atoms with Crippen LogP contribution >= 0.6 is 0 Å². The van der Waals surface area contributed by atoms with Crippen molar-refractivity contribution in [2.75, 3.05) is 18.0 Å². The van der Waals surface area contributed by atoms with E-state index in [4.69, 9.17) is 5.73 Å². The van der Waals surface area contributed by atoms with Gasteiger partial charge in [0.2, 0.25) is 0 Å². The summed E-state index contributed by atoms with van der Waals surface area (Å²) in [5.41, 5.74) is 8.33. The highest BCUT2D eigenvalue weighted by atomic mass is 15.3. The number of fused-ring (bicyclic) bond motifs is 1. The van der Waals surface area contributed by atoms with Crippen LogP contribution in [0.15, 0.2) is 42.7 Å². The van der Waals surface area contributed by atoms with E-state index in [1.54, 1.807) is 6.33 Å². The van der Waals surface area contributed by atoms with Gasteiger partial charge in [-0.25, -0.2) is 9.97 Å². The predicted octanol–water partition coefficient (Wildman–Crippen LogP) is 1.93. The van der Waals surface area contributed by atoms with E-state index in [9.17, 15) is 0 Å². The van der Waals surface area contributed by atoms with Crippen LogP contribution in [0.3, 0.4) is 0 Å². The number of nitrogens with zero attached hydrogens (tertiary/aromatic N) is 6. The third-order valence-electron chi connectivity index (χ3n) is 5.90. The molecule has 3 aromatic rings. The molecule has 1 fully saturated rings. The van der Waals surface area contributed by atoms with Gasteiger partial charge in [0.15, 0.2) is 0 Å². The summed E-state index contributed by atoms with van der Waals surface area (Å²) in [6.45, 7) is 2.66. The fourth-order valence-electron chi connectivity index (χ4n) is 4.18. The molecule has 0 amide bonds. The molecule has 7 nitrogen and oxygen atoms in total. The van der Waals surface area contributed by atoms with Crippen molar-refractivity contribution in [2.45, 2.75) is 44.2 Å². The van der Waals surface area contributed by atoms with E-state index >= 15 is 0 Å². The van der Waals surface area contributed by atoms with E-state index in [0.29, 0.717) is 12.0 Å². The maximum atomic E-state index is 5.94. The Bertz CT molecular complexity index is 946. The summed E-state index contributed by atoms with van der Waals surface area (Å²) < 4.78 is 2.28. The molecule has 144 valence electrons. The summed E-state index contributed by atoms with van der Waals surface area (Å²) in [6, 6.07) is 12.9. The highest BCUT2D eigenvalue weighted by Crippen LogP contribution is 2.35. The van der Waals surface area contributed by atoms with Crippen LogP contribution in [-0.2, 0) is 19.4 Å². The van der Waals surface area contributed by atoms with E-state index in [1.165, 1.54) is 5.56 Å². The van der Waals surface area contributed by atoms with Gasteiger partial charge in [-0.1, -0.05) is 30.3 Å². The Morgan fingerprint density at radius 2 is 1.86 bits per heavy atom. The maximum Gasteiger partial charge on any atom is 0.137 e. The Morgan fingerprint density at radius 3 is 2.68 bits per heavy atom. The van der Waals surface area contributed by atoms with Crippen molar-refractivity contribution in [1.82, 2.24) is 24.7 Å². The molecule has 2 N–H and O–H groups in total. The Kier molecular flexibility index (Phi) is 4.52. The van der Waals surface area contributed by atoms with Gasteiger partial charge in [0.1, 0.15) is 23.8 Å². The molecular weight excluding hydrogens is 350 g/mol. The highest BCUT2D eigenvalue weighted by Gasteiger charge is 2.29. The molecular formula is C21H25N7. The molecule has 1 aliphatic heterocycles. The number of aromatic nitrogens is 5. The summed E-state index contributed by atoms with van der Waals surface area (Å²) >= 11 is 0. The second-order valence-corrected chi connectivity index (χ2v) is 7.81. The third kappa shape index (κ3) is 3.38. The standard InChI is InChI=1S/C21H25N7/c22-17-11-16(12-17)18-13-20(24-14-23-18)27-7-6-19-25-26-21(28(19)9-8-27)10-15-4-2-1-3-5-15/h1-5,13-14,16-17H,6-12,22H2. The first kappa shape index (κ1) is 17.3. The minimum atomic E-state index is 0.328. The van der Waals surface area contributed by atoms with E-state index in [0.717, 1.165) is 68.5 Å². The predicted molar refractivity (Wildman–Crippen MR) is 107 cm³/mol. The average molecular weight is 375 g/mol. The van der Waals surface area contributed by atoms with Gasteiger partial charge in [-0.05, 0) is 18.4 Å². The lowest BCUT2D eigenvalue weighted by Gasteiger charge is -2.32. The van der Waals surface area contributed by atoms with Crippen LogP contribution in [0.1, 0.15) is 41.7 Å². The number of rotatable bonds is 4. The largest absolute Gasteiger partial charge is 0.354 e. The number of nitrogens with two attached hydrogens (primary N) is 1. The van der Waals surface area contributed by atoms with Gasteiger partial charge in [0, 0.05) is 56.2 Å². The summed E-state index contributed by atoms with van der Waals surface area (Å²) in [6.07, 6.45) is 5.43. The van der Waals surface area contributed by atoms with Gasteiger partial charge >= 0.3 is 0 Å². The Labute approximate surface area is 164 Å². The number of hydrogen-bond donors (Lipinski definition) is 1. The molecule has 3 heterocycles. The minimum absolute atomic E-state index is 0.328. The normalized spacial score (nSPS) is 21.7. The van der Waals surface area contributed by atoms with Gasteiger partial charge in [-0.15, -0.1) is 10.2 Å². The fraction of sp³-hybridized carbons (Fsp3) is 0.429. The fourth-order valence-corrected chi connectivity index (χ4v) is 4.18. The van der Waals surface area contributed by atoms with Crippen molar-refractivity contribution < 1.29 is 0 Å². The molecule has 28 heavy (non-hydrogen) atoms. The topological polar surface area (TPSA) is 85.8 Å². The van der Waals surface area contributed by atoms with E-state index in [2.05, 4.69) is 60.0 Å². The molecule has 0 saturated heterocycles. The molecule has 1 aromatic carbocycles. The quantitative estimate of drug-likeness (QED) is 0.750. The molecule has 2 aliphatic rings. The van der Waals surface area contributed by atoms with Gasteiger partial charge < -0.3 is 15.2 Å². The summed E-state index contributed by atoms with van der Waals surface area (Å²) in [4.78, 5) is 11.4. The SMILES string of the molecule is NC1CC(c2cc(N3CCc4nnc(Cc5ccccc5)n4CC3)ncn2)C1. The first-order chi connectivity index (χ1) is 13.8. The van der Waals surface area contributed by atoms with E-state index in [-0.39, 0.29) is 0 Å². The van der Waals surface area contributed by atoms with Gasteiger partial charge in [-0.2, -0.15) is 0 Å². The van der Waals surface area contributed by atoms with Crippen LogP contribution in [0.4, 0.5) is 5.82 Å². The zero-order chi connectivity index (χ0) is 18.9. The van der Waals surface area contributed by atoms with E-state index < -0.39 is 0 Å². The first-order valence-corrected chi connectivity index (χ1v) is 10.0. The minimum Gasteiger partial charge on any atom is -0.354 e. The summed E-state index contributed by atoms with van der Waals surface area (Å²) in [7, 11) is 0. The zero-order valence-electron chi connectivity index (χ0n) is 15.9. The number of anilines is 1. The lowest BCUT2D eigenvalue weighted by molar-refractivity contribution is 0.345. The molecule has 7 heteroatoms. The lowest BCUT2D eigenvalue weighted by Crippen LogP contribution is -2.35. The second kappa shape index (κ2) is 7.31. The van der Waals surface area contributed by atoms with Gasteiger partial charge in [0.25, 0.3) is 0 Å². The van der Waals surface area contributed by atoms with Crippen LogP contribution in [0.2, 0.25) is 0 Å². The van der Waals surface area contributed by atoms with Crippen LogP contribution < -0.4 is 10.6 Å². The molecule has 5 rings (SSSR count). The molecule has 0 bridgehead atoms. The highest BCUT2D eigenvalue weighted by molar-refractivity contribution is 5.40. The Balaban J connectivity index is 1.31. The summed E-state index contributed by atoms with van der Waals surface area (Å²) in [5, 5.41) is 8.91. The summed E-state index contributed by atoms with van der Waals surface area (Å²) in [5.74, 6) is 3.59. The molecule has 2 aromatic heterocycles. The van der Waals surface area contributed by atoms with Crippen molar-refractivity contribution in [3.8, 4) is 0 Å². The van der Waals surface area contributed by atoms with Crippen LogP contribution in [0, 0.1) is 0 Å². The molecule has 0 radical (unpaired) electrons.